The van der Waals surface area contributed by atoms with E-state index in [1.165, 1.54) is 0 Å². The number of nitrogens with two attached hydrogens (primary N) is 1. The van der Waals surface area contributed by atoms with Crippen LogP contribution in [0.1, 0.15) is 5.69 Å². The van der Waals surface area contributed by atoms with Crippen LogP contribution in [0.25, 0.3) is 0 Å². The molecular formula is C8H13N3O. The molecule has 2 rings (SSSR count). The fraction of sp³-hybridized carbons (Fsp3) is 0.500. The molecule has 12 heavy (non-hydrogen) atoms. The number of β-amino-alcohol motifs (C(OH)–C–C–N with tert-alkyl or cyclic N) is 1. The molecule has 1 saturated heterocycles. The summed E-state index contributed by atoms with van der Waals surface area (Å²) in [6.07, 6.45) is 1.70. The third-order valence-electron chi connectivity index (χ3n) is 2.19. The Labute approximate surface area is 71.0 Å². The first-order valence-electron chi connectivity index (χ1n) is 4.08. The number of aromatic nitrogens is 1. The van der Waals surface area contributed by atoms with Crippen LogP contribution in [-0.2, 0) is 6.54 Å². The van der Waals surface area contributed by atoms with Gasteiger partial charge in [0.25, 0.3) is 0 Å². The fourth-order valence-corrected chi connectivity index (χ4v) is 1.45. The zero-order valence-corrected chi connectivity index (χ0v) is 6.83. The van der Waals surface area contributed by atoms with Gasteiger partial charge < -0.3 is 15.8 Å². The summed E-state index contributed by atoms with van der Waals surface area (Å²) in [5, 5.41) is 9.03. The molecule has 1 aromatic rings. The number of nitrogens with one attached hydrogen (secondary N) is 1. The summed E-state index contributed by atoms with van der Waals surface area (Å²) in [6, 6.07) is 1.85. The van der Waals surface area contributed by atoms with E-state index < -0.39 is 0 Å². The highest BCUT2D eigenvalue weighted by atomic mass is 16.3. The van der Waals surface area contributed by atoms with E-state index in [1.54, 1.807) is 0 Å². The average molecular weight is 167 g/mol. The molecule has 0 saturated carbocycles. The SMILES string of the molecule is Nc1cc[nH]c1CN1CC(O)C1. The number of anilines is 1. The van der Waals surface area contributed by atoms with Gasteiger partial charge in [0.1, 0.15) is 0 Å². The second kappa shape index (κ2) is 2.80. The van der Waals surface area contributed by atoms with Crippen molar-refractivity contribution in [3.8, 4) is 0 Å². The third kappa shape index (κ3) is 1.31. The van der Waals surface area contributed by atoms with Crippen LogP contribution in [0, 0.1) is 0 Å². The van der Waals surface area contributed by atoms with Gasteiger partial charge in [0.05, 0.1) is 17.5 Å². The van der Waals surface area contributed by atoms with Gasteiger partial charge in [-0.15, -0.1) is 0 Å². The lowest BCUT2D eigenvalue weighted by Gasteiger charge is -2.35. The molecule has 0 aliphatic carbocycles. The Morgan fingerprint density at radius 2 is 2.42 bits per heavy atom. The lowest BCUT2D eigenvalue weighted by Crippen LogP contribution is -2.49. The van der Waals surface area contributed by atoms with Crippen molar-refractivity contribution in [2.24, 2.45) is 0 Å². The van der Waals surface area contributed by atoms with Gasteiger partial charge >= 0.3 is 0 Å². The molecular weight excluding hydrogens is 154 g/mol. The number of H-pyrrole nitrogens is 1. The zero-order valence-electron chi connectivity index (χ0n) is 6.83. The van der Waals surface area contributed by atoms with Crippen molar-refractivity contribution >= 4 is 5.69 Å². The van der Waals surface area contributed by atoms with Crippen LogP contribution in [0.5, 0.6) is 0 Å². The smallest absolute Gasteiger partial charge is 0.0794 e. The van der Waals surface area contributed by atoms with Crippen molar-refractivity contribution in [1.29, 1.82) is 0 Å². The largest absolute Gasteiger partial charge is 0.397 e. The van der Waals surface area contributed by atoms with Gasteiger partial charge in [-0.25, -0.2) is 0 Å². The van der Waals surface area contributed by atoms with Crippen LogP contribution in [0.15, 0.2) is 12.3 Å². The van der Waals surface area contributed by atoms with Crippen LogP contribution >= 0.6 is 0 Å². The normalized spacial score (nSPS) is 19.4. The monoisotopic (exact) mass is 167 g/mol. The highest BCUT2D eigenvalue weighted by Crippen LogP contribution is 2.15. The van der Waals surface area contributed by atoms with Gasteiger partial charge in [-0.1, -0.05) is 0 Å². The van der Waals surface area contributed by atoms with Crippen molar-refractivity contribution < 1.29 is 5.11 Å². The fourth-order valence-electron chi connectivity index (χ4n) is 1.45. The molecule has 0 radical (unpaired) electrons. The summed E-state index contributed by atoms with van der Waals surface area (Å²) in [5.74, 6) is 0. The summed E-state index contributed by atoms with van der Waals surface area (Å²) >= 11 is 0. The maximum Gasteiger partial charge on any atom is 0.0794 e. The molecule has 0 amide bonds. The van der Waals surface area contributed by atoms with Crippen LogP contribution in [0.3, 0.4) is 0 Å². The summed E-state index contributed by atoms with van der Waals surface area (Å²) in [4.78, 5) is 5.22. The second-order valence-electron chi connectivity index (χ2n) is 3.26. The molecule has 0 atom stereocenters. The molecule has 4 nitrogen and oxygen atoms in total. The van der Waals surface area contributed by atoms with Crippen molar-refractivity contribution in [3.63, 3.8) is 0 Å². The van der Waals surface area contributed by atoms with Gasteiger partial charge in [0, 0.05) is 25.8 Å². The van der Waals surface area contributed by atoms with E-state index in [1.807, 2.05) is 12.3 Å². The molecule has 0 unspecified atom stereocenters. The van der Waals surface area contributed by atoms with E-state index in [-0.39, 0.29) is 6.10 Å². The van der Waals surface area contributed by atoms with Gasteiger partial charge in [-0.3, -0.25) is 4.90 Å². The molecule has 1 aromatic heterocycles. The average Bonchev–Trinajstić information content (AvgIpc) is 2.33. The minimum absolute atomic E-state index is 0.138. The third-order valence-corrected chi connectivity index (χ3v) is 2.19. The lowest BCUT2D eigenvalue weighted by atomic mass is 10.1. The summed E-state index contributed by atoms with van der Waals surface area (Å²) < 4.78 is 0. The Hall–Kier alpha value is -1.00. The molecule has 4 N–H and O–H groups in total. The lowest BCUT2D eigenvalue weighted by molar-refractivity contribution is -0.00334. The van der Waals surface area contributed by atoms with E-state index in [9.17, 15) is 0 Å². The zero-order chi connectivity index (χ0) is 8.55. The molecule has 1 fully saturated rings. The highest BCUT2D eigenvalue weighted by Gasteiger charge is 2.24. The molecule has 0 aromatic carbocycles. The number of likely N-dealkylation sites (tertiary alicyclic amines) is 1. The Kier molecular flexibility index (Phi) is 1.78. The number of hydrogen-bond acceptors (Lipinski definition) is 3. The van der Waals surface area contributed by atoms with Crippen LogP contribution in [0.2, 0.25) is 0 Å². The molecule has 66 valence electrons. The molecule has 0 bridgehead atoms. The minimum atomic E-state index is -0.138. The minimum Gasteiger partial charge on any atom is -0.397 e. The maximum atomic E-state index is 9.03. The summed E-state index contributed by atoms with van der Waals surface area (Å²) in [5.41, 5.74) is 7.53. The molecule has 1 aliphatic rings. The first-order chi connectivity index (χ1) is 5.75. The van der Waals surface area contributed by atoms with E-state index in [2.05, 4.69) is 9.88 Å². The quantitative estimate of drug-likeness (QED) is 0.570. The molecule has 0 spiro atoms. The van der Waals surface area contributed by atoms with Crippen molar-refractivity contribution in [2.45, 2.75) is 12.6 Å². The van der Waals surface area contributed by atoms with Crippen LogP contribution < -0.4 is 5.73 Å². The van der Waals surface area contributed by atoms with Crippen molar-refractivity contribution in [2.75, 3.05) is 18.8 Å². The summed E-state index contributed by atoms with van der Waals surface area (Å²) in [6.45, 7) is 2.34. The van der Waals surface area contributed by atoms with Gasteiger partial charge in [-0.2, -0.15) is 0 Å². The van der Waals surface area contributed by atoms with E-state index in [0.717, 1.165) is 31.0 Å². The van der Waals surface area contributed by atoms with Gasteiger partial charge in [0.15, 0.2) is 0 Å². The number of nitrogens with zero attached hydrogens (tertiary/aromatic N) is 1. The number of rotatable bonds is 2. The topological polar surface area (TPSA) is 65.3 Å². The number of aromatic amines is 1. The molecule has 1 aliphatic heterocycles. The number of aliphatic hydroxyl groups excluding tert-OH is 1. The van der Waals surface area contributed by atoms with E-state index in [0.29, 0.717) is 0 Å². The first kappa shape index (κ1) is 7.64. The molecule has 4 heteroatoms. The van der Waals surface area contributed by atoms with Crippen LogP contribution in [0.4, 0.5) is 5.69 Å². The number of nitrogen functional groups attached to an aromatic ring is 1. The van der Waals surface area contributed by atoms with E-state index >= 15 is 0 Å². The van der Waals surface area contributed by atoms with Gasteiger partial charge in [0.2, 0.25) is 0 Å². The predicted octanol–water partition coefficient (Wildman–Crippen LogP) is -0.227. The second-order valence-corrected chi connectivity index (χ2v) is 3.26. The van der Waals surface area contributed by atoms with Crippen LogP contribution in [-0.4, -0.2) is 34.2 Å². The van der Waals surface area contributed by atoms with Gasteiger partial charge in [-0.05, 0) is 6.07 Å². The maximum absolute atomic E-state index is 9.03. The first-order valence-corrected chi connectivity index (χ1v) is 4.08. The Morgan fingerprint density at radius 1 is 1.67 bits per heavy atom. The summed E-state index contributed by atoms with van der Waals surface area (Å²) in [7, 11) is 0. The predicted molar refractivity (Wildman–Crippen MR) is 46.5 cm³/mol. The standard InChI is InChI=1S/C8H13N3O/c9-7-1-2-10-8(7)5-11-3-6(12)4-11/h1-2,6,10,12H,3-5,9H2. The Balaban J connectivity index is 1.92. The molecule has 2 heterocycles. The van der Waals surface area contributed by atoms with Crippen molar-refractivity contribution in [3.05, 3.63) is 18.0 Å². The Bertz CT molecular complexity index is 265. The van der Waals surface area contributed by atoms with Crippen molar-refractivity contribution in [1.82, 2.24) is 9.88 Å². The number of hydrogen-bond donors (Lipinski definition) is 3. The highest BCUT2D eigenvalue weighted by molar-refractivity contribution is 5.42. The number of aliphatic hydroxyl groups is 1. The Morgan fingerprint density at radius 3 is 2.92 bits per heavy atom. The van der Waals surface area contributed by atoms with E-state index in [4.69, 9.17) is 10.8 Å².